The molecule has 0 heterocycles. The Hall–Kier alpha value is -1.94. The quantitative estimate of drug-likeness (QED) is 0.0222. The van der Waals surface area contributed by atoms with Gasteiger partial charge in [-0.2, -0.15) is 0 Å². The monoisotopic (exact) mass is 1370 g/mol. The van der Waals surface area contributed by atoms with E-state index in [0.717, 1.165) is 95.8 Å². The van der Waals surface area contributed by atoms with Crippen LogP contribution in [0.25, 0.3) is 0 Å². The van der Waals surface area contributed by atoms with Gasteiger partial charge in [0.15, 0.2) is 12.2 Å². The lowest BCUT2D eigenvalue weighted by Crippen LogP contribution is -2.30. The van der Waals surface area contributed by atoms with Gasteiger partial charge in [-0.1, -0.05) is 336 Å². The fourth-order valence-electron chi connectivity index (χ4n) is 11.4. The molecule has 0 spiro atoms. The highest BCUT2D eigenvalue weighted by molar-refractivity contribution is 7.47. The van der Waals surface area contributed by atoms with Crippen molar-refractivity contribution in [3.05, 3.63) is 0 Å². The molecule has 0 aliphatic heterocycles. The first-order valence-electron chi connectivity index (χ1n) is 38.6. The first-order valence-corrected chi connectivity index (χ1v) is 41.6. The number of rotatable bonds is 74. The van der Waals surface area contributed by atoms with Gasteiger partial charge in [-0.15, -0.1) is 0 Å². The minimum Gasteiger partial charge on any atom is -0.462 e. The van der Waals surface area contributed by atoms with Crippen LogP contribution in [0.5, 0.6) is 0 Å². The second-order valence-electron chi connectivity index (χ2n) is 27.2. The number of carbonyl (C=O) groups excluding carboxylic acids is 4. The van der Waals surface area contributed by atoms with Crippen LogP contribution < -0.4 is 0 Å². The Morgan fingerprint density at radius 3 is 0.731 bits per heavy atom. The summed E-state index contributed by atoms with van der Waals surface area (Å²) in [5, 5.41) is 10.6. The molecule has 0 amide bonds. The van der Waals surface area contributed by atoms with Gasteiger partial charge in [0.1, 0.15) is 19.3 Å². The van der Waals surface area contributed by atoms with E-state index in [9.17, 15) is 43.2 Å². The normalized spacial score (nSPS) is 14.0. The molecule has 0 aromatic carbocycles. The van der Waals surface area contributed by atoms with Gasteiger partial charge in [0.25, 0.3) is 0 Å². The number of phosphoric ester groups is 2. The summed E-state index contributed by atoms with van der Waals surface area (Å²) >= 11 is 0. The maximum atomic E-state index is 13.1. The van der Waals surface area contributed by atoms with Gasteiger partial charge in [-0.05, 0) is 31.6 Å². The van der Waals surface area contributed by atoms with Crippen molar-refractivity contribution in [2.75, 3.05) is 39.6 Å². The molecule has 0 radical (unpaired) electrons. The van der Waals surface area contributed by atoms with Crippen molar-refractivity contribution in [1.29, 1.82) is 0 Å². The van der Waals surface area contributed by atoms with Crippen LogP contribution in [-0.4, -0.2) is 96.7 Å². The van der Waals surface area contributed by atoms with Gasteiger partial charge in [0, 0.05) is 25.7 Å². The zero-order valence-electron chi connectivity index (χ0n) is 60.4. The maximum Gasteiger partial charge on any atom is 0.472 e. The number of unbranched alkanes of at least 4 members (excludes halogenated alkanes) is 46. The number of carbonyl (C=O) groups is 4. The first kappa shape index (κ1) is 91.1. The van der Waals surface area contributed by atoms with Gasteiger partial charge in [-0.3, -0.25) is 37.3 Å². The summed E-state index contributed by atoms with van der Waals surface area (Å²) in [6, 6.07) is 0. The molecule has 552 valence electrons. The summed E-state index contributed by atoms with van der Waals surface area (Å²) in [4.78, 5) is 72.8. The molecule has 19 heteroatoms. The van der Waals surface area contributed by atoms with E-state index in [-0.39, 0.29) is 25.7 Å². The van der Waals surface area contributed by atoms with E-state index in [0.29, 0.717) is 25.7 Å². The Kier molecular flexibility index (Phi) is 65.9. The van der Waals surface area contributed by atoms with Crippen molar-refractivity contribution < 1.29 is 80.2 Å². The molecule has 0 fully saturated rings. The molecule has 0 aliphatic carbocycles. The molecule has 0 aromatic rings. The summed E-state index contributed by atoms with van der Waals surface area (Å²) in [6.45, 7) is 7.27. The Morgan fingerprint density at radius 1 is 0.290 bits per heavy atom. The number of aliphatic hydroxyl groups is 1. The summed E-state index contributed by atoms with van der Waals surface area (Å²) in [7, 11) is -9.91. The smallest absolute Gasteiger partial charge is 0.462 e. The van der Waals surface area contributed by atoms with E-state index < -0.39 is 97.5 Å². The molecule has 2 unspecified atom stereocenters. The molecule has 0 aliphatic rings. The fraction of sp³-hybridized carbons (Fsp3) is 0.946. The highest BCUT2D eigenvalue weighted by Crippen LogP contribution is 2.45. The minimum atomic E-state index is -4.95. The number of ether oxygens (including phenoxy) is 4. The van der Waals surface area contributed by atoms with Crippen LogP contribution >= 0.6 is 15.6 Å². The lowest BCUT2D eigenvalue weighted by atomic mass is 10.0. The van der Waals surface area contributed by atoms with E-state index in [2.05, 4.69) is 34.6 Å². The third-order valence-corrected chi connectivity index (χ3v) is 19.2. The molecule has 0 bridgehead atoms. The van der Waals surface area contributed by atoms with Crippen LogP contribution in [0.15, 0.2) is 0 Å². The van der Waals surface area contributed by atoms with Crippen LogP contribution in [0, 0.1) is 5.92 Å². The van der Waals surface area contributed by atoms with Crippen molar-refractivity contribution >= 4 is 39.5 Å². The topological polar surface area (TPSA) is 237 Å². The van der Waals surface area contributed by atoms with Crippen LogP contribution in [0.3, 0.4) is 0 Å². The lowest BCUT2D eigenvalue weighted by molar-refractivity contribution is -0.161. The predicted molar refractivity (Wildman–Crippen MR) is 377 cm³/mol. The van der Waals surface area contributed by atoms with Gasteiger partial charge >= 0.3 is 39.5 Å². The first-order chi connectivity index (χ1) is 45.0. The Labute approximate surface area is 568 Å². The SMILES string of the molecule is CCCCCCCCCCCCCCCCCC(=O)O[C@H](COC(=O)CCCCCCCCCCCCCCC)COP(=O)(O)OC[C@@H](O)COP(=O)(O)OC[C@@H](COC(=O)CCCCCCCCCCCC(C)C)OC(=O)CCCCCCCCCCCCCCC. The highest BCUT2D eigenvalue weighted by atomic mass is 31.2. The zero-order valence-corrected chi connectivity index (χ0v) is 62.2. The van der Waals surface area contributed by atoms with Crippen molar-refractivity contribution in [1.82, 2.24) is 0 Å². The minimum absolute atomic E-state index is 0.108. The summed E-state index contributed by atoms with van der Waals surface area (Å²) in [5.41, 5.74) is 0. The standard InChI is InChI=1S/C74H144O17P2/c1-6-9-12-15-18-21-24-27-28-31-34-39-45-50-55-60-74(79)90-69(63-84-71(76)57-52-47-42-37-32-29-25-22-19-16-13-10-7-2)65-88-92(80,81)86-61-68(75)62-87-93(82,83)89-66-70(64-85-72(77)58-53-48-43-40-35-36-41-46-51-56-67(4)5)91-73(78)59-54-49-44-38-33-30-26-23-20-17-14-11-8-3/h67-70,75H,6-66H2,1-5H3,(H,80,81)(H,82,83)/t68-,69-,70-/m1/s1. The molecule has 0 saturated heterocycles. The largest absolute Gasteiger partial charge is 0.472 e. The van der Waals surface area contributed by atoms with E-state index in [4.69, 9.17) is 37.0 Å². The Balaban J connectivity index is 5.26. The number of hydrogen-bond acceptors (Lipinski definition) is 15. The zero-order chi connectivity index (χ0) is 68.4. The number of hydrogen-bond donors (Lipinski definition) is 3. The molecule has 0 saturated carbocycles. The third-order valence-electron chi connectivity index (χ3n) is 17.3. The van der Waals surface area contributed by atoms with E-state index in [1.54, 1.807) is 0 Å². The van der Waals surface area contributed by atoms with Crippen molar-refractivity contribution in [2.24, 2.45) is 5.92 Å². The fourth-order valence-corrected chi connectivity index (χ4v) is 12.9. The number of phosphoric acid groups is 2. The van der Waals surface area contributed by atoms with Crippen molar-refractivity contribution in [3.63, 3.8) is 0 Å². The van der Waals surface area contributed by atoms with Gasteiger partial charge in [0.05, 0.1) is 26.4 Å². The summed E-state index contributed by atoms with van der Waals surface area (Å²) in [5.74, 6) is -1.37. The van der Waals surface area contributed by atoms with Crippen LogP contribution in [0.1, 0.15) is 388 Å². The van der Waals surface area contributed by atoms with Crippen LogP contribution in [0.4, 0.5) is 0 Å². The second-order valence-corrected chi connectivity index (χ2v) is 30.1. The average molecular weight is 1370 g/mol. The number of aliphatic hydroxyl groups excluding tert-OH is 1. The molecule has 17 nitrogen and oxygen atoms in total. The maximum absolute atomic E-state index is 13.1. The van der Waals surface area contributed by atoms with E-state index >= 15 is 0 Å². The van der Waals surface area contributed by atoms with E-state index in [1.165, 1.54) is 212 Å². The Bertz CT molecular complexity index is 1790. The second kappa shape index (κ2) is 67.3. The van der Waals surface area contributed by atoms with Gasteiger partial charge < -0.3 is 33.8 Å². The van der Waals surface area contributed by atoms with Crippen molar-refractivity contribution in [3.8, 4) is 0 Å². The van der Waals surface area contributed by atoms with Crippen LogP contribution in [0.2, 0.25) is 0 Å². The predicted octanol–water partition coefficient (Wildman–Crippen LogP) is 21.7. The number of esters is 4. The molecular weight excluding hydrogens is 1220 g/mol. The molecule has 0 aromatic heterocycles. The summed E-state index contributed by atoms with van der Waals surface area (Å²) < 4.78 is 68.5. The third kappa shape index (κ3) is 68.4. The Morgan fingerprint density at radius 2 is 0.495 bits per heavy atom. The highest BCUT2D eigenvalue weighted by Gasteiger charge is 2.30. The molecule has 0 rings (SSSR count). The lowest BCUT2D eigenvalue weighted by Gasteiger charge is -2.21. The average Bonchev–Trinajstić information content (AvgIpc) is 2.23. The molecule has 5 atom stereocenters. The summed E-state index contributed by atoms with van der Waals surface area (Å²) in [6.07, 6.45) is 55.3. The van der Waals surface area contributed by atoms with Gasteiger partial charge in [-0.25, -0.2) is 9.13 Å². The molecular formula is C74H144O17P2. The molecule has 93 heavy (non-hydrogen) atoms. The van der Waals surface area contributed by atoms with Crippen molar-refractivity contribution in [2.45, 2.75) is 406 Å². The molecule has 3 N–H and O–H groups in total. The van der Waals surface area contributed by atoms with E-state index in [1.807, 2.05) is 0 Å². The van der Waals surface area contributed by atoms with Gasteiger partial charge in [0.2, 0.25) is 0 Å². The van der Waals surface area contributed by atoms with Crippen LogP contribution in [-0.2, 0) is 65.4 Å².